The van der Waals surface area contributed by atoms with Crippen LogP contribution in [0.5, 0.6) is 0 Å². The summed E-state index contributed by atoms with van der Waals surface area (Å²) in [5.74, 6) is -0.473. The summed E-state index contributed by atoms with van der Waals surface area (Å²) in [6, 6.07) is 5.36. The Labute approximate surface area is 181 Å². The molecule has 8 nitrogen and oxygen atoms in total. The van der Waals surface area contributed by atoms with Gasteiger partial charge in [0.15, 0.2) is 0 Å². The fraction of sp³-hybridized carbons (Fsp3) is 0.333. The predicted molar refractivity (Wildman–Crippen MR) is 113 cm³/mol. The largest absolute Gasteiger partial charge is 0.467 e. The fourth-order valence-corrected chi connectivity index (χ4v) is 4.57. The smallest absolute Gasteiger partial charge is 0.329 e. The minimum atomic E-state index is -0.793. The van der Waals surface area contributed by atoms with Crippen molar-refractivity contribution in [2.75, 3.05) is 19.5 Å². The van der Waals surface area contributed by atoms with Gasteiger partial charge in [-0.1, -0.05) is 12.1 Å². The van der Waals surface area contributed by atoms with Gasteiger partial charge in [-0.2, -0.15) is 0 Å². The summed E-state index contributed by atoms with van der Waals surface area (Å²) in [6.07, 6.45) is 2.91. The van der Waals surface area contributed by atoms with Crippen LogP contribution in [0.3, 0.4) is 0 Å². The lowest BCUT2D eigenvalue weighted by Crippen LogP contribution is -2.31. The van der Waals surface area contributed by atoms with Crippen molar-refractivity contribution in [1.29, 1.82) is 0 Å². The van der Waals surface area contributed by atoms with Crippen molar-refractivity contribution in [2.45, 2.75) is 31.5 Å². The Morgan fingerprint density at radius 1 is 1.29 bits per heavy atom. The molecular weight excluding hydrogens is 423 g/mol. The molecule has 1 aromatic carbocycles. The molecular formula is C21H21FN4O4S. The molecule has 0 saturated carbocycles. The fourth-order valence-electron chi connectivity index (χ4n) is 3.62. The Balaban J connectivity index is 1.62. The first-order valence-corrected chi connectivity index (χ1v) is 10.5. The Kier molecular flexibility index (Phi) is 5.84. The molecule has 0 radical (unpaired) electrons. The quantitative estimate of drug-likeness (QED) is 0.582. The van der Waals surface area contributed by atoms with Gasteiger partial charge in [0, 0.05) is 30.2 Å². The average molecular weight is 444 g/mol. The number of esters is 1. The number of rotatable bonds is 6. The lowest BCUT2D eigenvalue weighted by molar-refractivity contribution is -0.144. The molecule has 0 bridgehead atoms. The van der Waals surface area contributed by atoms with E-state index in [4.69, 9.17) is 9.47 Å². The number of methoxy groups -OCH3 is 2. The van der Waals surface area contributed by atoms with E-state index in [1.807, 2.05) is 6.92 Å². The number of aromatic nitrogens is 3. The van der Waals surface area contributed by atoms with E-state index in [-0.39, 0.29) is 29.5 Å². The van der Waals surface area contributed by atoms with Gasteiger partial charge < -0.3 is 14.8 Å². The predicted octanol–water partition coefficient (Wildman–Crippen LogP) is 3.48. The van der Waals surface area contributed by atoms with E-state index in [0.717, 1.165) is 4.88 Å². The second-order valence-electron chi connectivity index (χ2n) is 7.12. The molecule has 0 fully saturated rings. The molecule has 10 heteroatoms. The zero-order valence-electron chi connectivity index (χ0n) is 17.2. The highest BCUT2D eigenvalue weighted by Gasteiger charge is 2.38. The molecule has 0 spiro atoms. The summed E-state index contributed by atoms with van der Waals surface area (Å²) >= 11 is 1.33. The summed E-state index contributed by atoms with van der Waals surface area (Å²) in [7, 11) is 2.79. The summed E-state index contributed by atoms with van der Waals surface area (Å²) in [6.45, 7) is 1.87. The first kappa shape index (κ1) is 21.1. The van der Waals surface area contributed by atoms with Crippen LogP contribution < -0.4 is 10.9 Å². The van der Waals surface area contributed by atoms with Crippen LogP contribution in [0.15, 0.2) is 41.5 Å². The number of hydrogen-bond acceptors (Lipinski definition) is 8. The number of fused-ring (bicyclic) bond motifs is 1. The van der Waals surface area contributed by atoms with E-state index in [1.165, 1.54) is 42.4 Å². The molecule has 0 unspecified atom stereocenters. The van der Waals surface area contributed by atoms with E-state index in [1.54, 1.807) is 24.4 Å². The lowest BCUT2D eigenvalue weighted by Gasteiger charge is -2.16. The van der Waals surface area contributed by atoms with E-state index in [0.29, 0.717) is 16.4 Å². The van der Waals surface area contributed by atoms with Crippen molar-refractivity contribution in [1.82, 2.24) is 14.5 Å². The zero-order valence-corrected chi connectivity index (χ0v) is 18.0. The molecule has 0 aliphatic carbocycles. The van der Waals surface area contributed by atoms with Gasteiger partial charge in [0.2, 0.25) is 0 Å². The Morgan fingerprint density at radius 3 is 2.77 bits per heavy atom. The molecule has 4 rings (SSSR count). The standard InChI is InChI=1S/C21H21FN4O4S/c1-11(17-10-24-19(31-17)12-6-4-5-7-13(12)22)25-14-9-23-18-16(29-2)8-15(21(28)30-3)26(18)20(14)27/h4-7,9-11,15-16,25H,8H2,1-3H3/t11-,15+,16-/m1/s1. The zero-order chi connectivity index (χ0) is 22.1. The summed E-state index contributed by atoms with van der Waals surface area (Å²) in [5.41, 5.74) is 0.283. The van der Waals surface area contributed by atoms with Gasteiger partial charge in [-0.3, -0.25) is 9.36 Å². The number of nitrogens with zero attached hydrogens (tertiary/aromatic N) is 3. The van der Waals surface area contributed by atoms with Crippen LogP contribution in [0.25, 0.3) is 10.6 Å². The second kappa shape index (κ2) is 8.56. The van der Waals surface area contributed by atoms with Crippen molar-refractivity contribution in [3.8, 4) is 10.6 Å². The van der Waals surface area contributed by atoms with Crippen molar-refractivity contribution in [3.63, 3.8) is 0 Å². The Hall–Kier alpha value is -3.11. The van der Waals surface area contributed by atoms with E-state index >= 15 is 0 Å². The normalized spacial score (nSPS) is 18.5. The van der Waals surface area contributed by atoms with Gasteiger partial charge in [0.05, 0.1) is 19.3 Å². The van der Waals surface area contributed by atoms with Crippen LogP contribution in [0.2, 0.25) is 0 Å². The first-order valence-electron chi connectivity index (χ1n) is 9.63. The van der Waals surface area contributed by atoms with Crippen molar-refractivity contribution >= 4 is 23.0 Å². The van der Waals surface area contributed by atoms with Crippen LogP contribution in [0.1, 0.15) is 42.2 Å². The van der Waals surface area contributed by atoms with Crippen molar-refractivity contribution in [3.05, 3.63) is 63.5 Å². The summed E-state index contributed by atoms with van der Waals surface area (Å²) in [5, 5.41) is 3.69. The van der Waals surface area contributed by atoms with Gasteiger partial charge in [0.25, 0.3) is 5.56 Å². The summed E-state index contributed by atoms with van der Waals surface area (Å²) < 4.78 is 25.6. The number of hydrogen-bond donors (Lipinski definition) is 1. The Morgan fingerprint density at radius 2 is 2.06 bits per heavy atom. The molecule has 1 aliphatic rings. The molecule has 3 aromatic rings. The van der Waals surface area contributed by atoms with E-state index in [2.05, 4.69) is 15.3 Å². The van der Waals surface area contributed by atoms with Gasteiger partial charge in [-0.25, -0.2) is 19.2 Å². The number of ether oxygens (including phenoxy) is 2. The molecule has 3 atom stereocenters. The lowest BCUT2D eigenvalue weighted by atomic mass is 10.2. The molecule has 31 heavy (non-hydrogen) atoms. The highest BCUT2D eigenvalue weighted by Crippen LogP contribution is 2.35. The maximum absolute atomic E-state index is 14.1. The molecule has 1 N–H and O–H groups in total. The topological polar surface area (TPSA) is 95.3 Å². The number of carbonyl (C=O) groups is 1. The molecule has 1 aliphatic heterocycles. The second-order valence-corrected chi connectivity index (χ2v) is 8.18. The van der Waals surface area contributed by atoms with Crippen LogP contribution in [-0.2, 0) is 14.3 Å². The third-order valence-electron chi connectivity index (χ3n) is 5.24. The molecule has 0 saturated heterocycles. The van der Waals surface area contributed by atoms with Gasteiger partial charge in [0.1, 0.15) is 34.5 Å². The molecule has 3 heterocycles. The van der Waals surface area contributed by atoms with Crippen LogP contribution in [-0.4, -0.2) is 34.7 Å². The SMILES string of the molecule is COC(=O)[C@@H]1C[C@@H](OC)c2ncc(N[C@H](C)c3cnc(-c4ccccc4F)s3)c(=O)n21. The van der Waals surface area contributed by atoms with Gasteiger partial charge in [-0.05, 0) is 19.1 Å². The first-order chi connectivity index (χ1) is 14.9. The summed E-state index contributed by atoms with van der Waals surface area (Å²) in [4.78, 5) is 34.8. The maximum Gasteiger partial charge on any atom is 0.329 e. The van der Waals surface area contributed by atoms with Crippen LogP contribution in [0.4, 0.5) is 10.1 Å². The number of carbonyl (C=O) groups excluding carboxylic acids is 1. The highest BCUT2D eigenvalue weighted by molar-refractivity contribution is 7.15. The van der Waals surface area contributed by atoms with Crippen molar-refractivity contribution < 1.29 is 18.7 Å². The van der Waals surface area contributed by atoms with E-state index < -0.39 is 18.1 Å². The van der Waals surface area contributed by atoms with Crippen LogP contribution in [0, 0.1) is 5.82 Å². The number of benzene rings is 1. The van der Waals surface area contributed by atoms with Gasteiger partial charge >= 0.3 is 5.97 Å². The minimum Gasteiger partial charge on any atom is -0.467 e. The van der Waals surface area contributed by atoms with Crippen molar-refractivity contribution in [2.24, 2.45) is 0 Å². The third kappa shape index (κ3) is 3.84. The minimum absolute atomic E-state index is 0.239. The molecule has 0 amide bonds. The third-order valence-corrected chi connectivity index (χ3v) is 6.46. The van der Waals surface area contributed by atoms with Gasteiger partial charge in [-0.15, -0.1) is 11.3 Å². The number of thiazole rings is 1. The van der Waals surface area contributed by atoms with E-state index in [9.17, 15) is 14.0 Å². The number of halogens is 1. The average Bonchev–Trinajstić information content (AvgIpc) is 3.41. The molecule has 162 valence electrons. The highest BCUT2D eigenvalue weighted by atomic mass is 32.1. The van der Waals surface area contributed by atoms with Crippen LogP contribution >= 0.6 is 11.3 Å². The maximum atomic E-state index is 14.1. The number of nitrogens with one attached hydrogen (secondary N) is 1. The number of anilines is 1. The monoisotopic (exact) mass is 444 g/mol. The Bertz CT molecular complexity index is 1180. The molecule has 2 aromatic heterocycles.